The van der Waals surface area contributed by atoms with Gasteiger partial charge in [0, 0.05) is 10.2 Å². The van der Waals surface area contributed by atoms with Crippen LogP contribution in [-0.4, -0.2) is 22.0 Å². The van der Waals surface area contributed by atoms with Crippen molar-refractivity contribution in [1.82, 2.24) is 0 Å². The molecule has 2 nitrogen and oxygen atoms in total. The van der Waals surface area contributed by atoms with E-state index in [1.54, 1.807) is 0 Å². The van der Waals surface area contributed by atoms with Crippen LogP contribution in [0.2, 0.25) is 6.04 Å². The number of hydrogen-bond acceptors (Lipinski definition) is 2. The Labute approximate surface area is 94.7 Å². The number of aliphatic hydroxyl groups excluding tert-OH is 1. The molecule has 3 heteroatoms. The first-order valence-electron chi connectivity index (χ1n) is 5.68. The van der Waals surface area contributed by atoms with Gasteiger partial charge in [0.15, 0.2) is 0 Å². The van der Waals surface area contributed by atoms with Gasteiger partial charge >= 0.3 is 0 Å². The average molecular weight is 224 g/mol. The van der Waals surface area contributed by atoms with Crippen LogP contribution in [0.5, 0.6) is 5.75 Å². The number of aliphatic hydroxyl groups is 1. The number of hydrogen-bond donors (Lipinski definition) is 1. The molecule has 84 valence electrons. The lowest BCUT2D eigenvalue weighted by atomic mass is 10.1. The van der Waals surface area contributed by atoms with Crippen LogP contribution in [0.15, 0.2) is 24.3 Å². The number of benzene rings is 1. The standard InChI is InChI=1S/C12H20O2Si/c1-2-12(13)10-4-6-11(7-5-10)14-8-3-9-15/h4-7,12-13H,2-3,8-9H2,1,15H3. The molecule has 0 saturated carbocycles. The molecule has 1 aromatic carbocycles. The maximum absolute atomic E-state index is 9.60. The van der Waals surface area contributed by atoms with E-state index in [4.69, 9.17) is 4.74 Å². The van der Waals surface area contributed by atoms with Crippen LogP contribution < -0.4 is 4.74 Å². The quantitative estimate of drug-likeness (QED) is 0.588. The molecule has 0 aliphatic carbocycles. The normalized spacial score (nSPS) is 12.7. The van der Waals surface area contributed by atoms with Gasteiger partial charge in [-0.3, -0.25) is 0 Å². The molecule has 0 spiro atoms. The second kappa shape index (κ2) is 6.64. The Morgan fingerprint density at radius 1 is 1.33 bits per heavy atom. The highest BCUT2D eigenvalue weighted by atomic mass is 28.1. The molecule has 0 bridgehead atoms. The van der Waals surface area contributed by atoms with Crippen molar-refractivity contribution in [3.05, 3.63) is 29.8 Å². The van der Waals surface area contributed by atoms with Gasteiger partial charge in [0.25, 0.3) is 0 Å². The minimum absolute atomic E-state index is 0.347. The molecule has 1 atom stereocenters. The summed E-state index contributed by atoms with van der Waals surface area (Å²) in [5.41, 5.74) is 0.966. The van der Waals surface area contributed by atoms with Gasteiger partial charge in [-0.15, -0.1) is 0 Å². The van der Waals surface area contributed by atoms with Crippen molar-refractivity contribution in [2.45, 2.75) is 31.9 Å². The first-order chi connectivity index (χ1) is 7.27. The number of ether oxygens (including phenoxy) is 1. The van der Waals surface area contributed by atoms with E-state index in [9.17, 15) is 5.11 Å². The van der Waals surface area contributed by atoms with E-state index in [-0.39, 0.29) is 6.10 Å². The van der Waals surface area contributed by atoms with Crippen molar-refractivity contribution in [2.75, 3.05) is 6.61 Å². The Morgan fingerprint density at radius 2 is 2.00 bits per heavy atom. The Hall–Kier alpha value is -0.803. The largest absolute Gasteiger partial charge is 0.494 e. The van der Waals surface area contributed by atoms with E-state index in [2.05, 4.69) is 0 Å². The summed E-state index contributed by atoms with van der Waals surface area (Å²) in [4.78, 5) is 0. The lowest BCUT2D eigenvalue weighted by Gasteiger charge is -2.09. The minimum atomic E-state index is -0.347. The maximum atomic E-state index is 9.60. The SMILES string of the molecule is CCC(O)c1ccc(OCCC[SiH3])cc1. The molecule has 1 unspecified atom stereocenters. The molecule has 0 heterocycles. The second-order valence-electron chi connectivity index (χ2n) is 3.70. The third-order valence-electron chi connectivity index (χ3n) is 2.42. The molecule has 0 radical (unpaired) electrons. The molecule has 0 aromatic heterocycles. The molecule has 1 aromatic rings. The molecule has 0 aliphatic heterocycles. The van der Waals surface area contributed by atoms with Crippen molar-refractivity contribution in [2.24, 2.45) is 0 Å². The summed E-state index contributed by atoms with van der Waals surface area (Å²) >= 11 is 0. The molecule has 0 aliphatic rings. The fourth-order valence-corrected chi connectivity index (χ4v) is 1.64. The van der Waals surface area contributed by atoms with Crippen LogP contribution in [0, 0.1) is 0 Å². The molecule has 0 saturated heterocycles. The lowest BCUT2D eigenvalue weighted by Crippen LogP contribution is -1.98. The predicted molar refractivity (Wildman–Crippen MR) is 66.6 cm³/mol. The van der Waals surface area contributed by atoms with Gasteiger partial charge in [-0.1, -0.05) is 25.1 Å². The van der Waals surface area contributed by atoms with Gasteiger partial charge in [-0.2, -0.15) is 0 Å². The first kappa shape index (κ1) is 12.3. The second-order valence-corrected chi connectivity index (χ2v) is 4.70. The van der Waals surface area contributed by atoms with Crippen LogP contribution in [0.25, 0.3) is 0 Å². The summed E-state index contributed by atoms with van der Waals surface area (Å²) in [6, 6.07) is 9.02. The van der Waals surface area contributed by atoms with Crippen molar-refractivity contribution in [3.63, 3.8) is 0 Å². The minimum Gasteiger partial charge on any atom is -0.494 e. The van der Waals surface area contributed by atoms with E-state index in [1.807, 2.05) is 31.2 Å². The van der Waals surface area contributed by atoms with Crippen LogP contribution in [0.4, 0.5) is 0 Å². The van der Waals surface area contributed by atoms with Crippen molar-refractivity contribution in [1.29, 1.82) is 0 Å². The van der Waals surface area contributed by atoms with Gasteiger partial charge in [0.05, 0.1) is 12.7 Å². The summed E-state index contributed by atoms with van der Waals surface area (Å²) in [7, 11) is 1.25. The Morgan fingerprint density at radius 3 is 2.53 bits per heavy atom. The Balaban J connectivity index is 2.49. The highest BCUT2D eigenvalue weighted by molar-refractivity contribution is 6.08. The summed E-state index contributed by atoms with van der Waals surface area (Å²) in [6.45, 7) is 2.78. The monoisotopic (exact) mass is 224 g/mol. The summed E-state index contributed by atoms with van der Waals surface area (Å²) in [5.74, 6) is 0.900. The molecular weight excluding hydrogens is 204 g/mol. The Kier molecular flexibility index (Phi) is 5.43. The predicted octanol–water partition coefficient (Wildman–Crippen LogP) is 1.68. The third-order valence-corrected chi connectivity index (χ3v) is 3.13. The lowest BCUT2D eigenvalue weighted by molar-refractivity contribution is 0.173. The van der Waals surface area contributed by atoms with Gasteiger partial charge in [0.2, 0.25) is 0 Å². The van der Waals surface area contributed by atoms with Crippen molar-refractivity contribution >= 4 is 10.2 Å². The zero-order valence-electron chi connectivity index (χ0n) is 9.57. The van der Waals surface area contributed by atoms with Gasteiger partial charge < -0.3 is 9.84 Å². The zero-order chi connectivity index (χ0) is 11.1. The topological polar surface area (TPSA) is 29.5 Å². The highest BCUT2D eigenvalue weighted by Gasteiger charge is 2.03. The van der Waals surface area contributed by atoms with Crippen molar-refractivity contribution < 1.29 is 9.84 Å². The smallest absolute Gasteiger partial charge is 0.119 e. The van der Waals surface area contributed by atoms with Crippen molar-refractivity contribution in [3.8, 4) is 5.75 Å². The zero-order valence-corrected chi connectivity index (χ0v) is 11.6. The van der Waals surface area contributed by atoms with Crippen LogP contribution in [0.3, 0.4) is 0 Å². The van der Waals surface area contributed by atoms with Gasteiger partial charge in [0.1, 0.15) is 5.75 Å². The van der Waals surface area contributed by atoms with E-state index in [0.29, 0.717) is 0 Å². The molecule has 1 N–H and O–H groups in total. The molecule has 0 fully saturated rings. The molecule has 15 heavy (non-hydrogen) atoms. The average Bonchev–Trinajstić information content (AvgIpc) is 2.29. The third kappa shape index (κ3) is 4.06. The fraction of sp³-hybridized carbons (Fsp3) is 0.500. The first-order valence-corrected chi connectivity index (χ1v) is 7.10. The van der Waals surface area contributed by atoms with Gasteiger partial charge in [-0.25, -0.2) is 0 Å². The molecule has 0 amide bonds. The number of rotatable bonds is 6. The Bertz CT molecular complexity index is 271. The fourth-order valence-electron chi connectivity index (χ4n) is 1.36. The summed E-state index contributed by atoms with van der Waals surface area (Å²) in [5, 5.41) is 9.60. The molecule has 1 rings (SSSR count). The summed E-state index contributed by atoms with van der Waals surface area (Å²) < 4.78 is 5.56. The highest BCUT2D eigenvalue weighted by Crippen LogP contribution is 2.19. The molecular formula is C12H20O2Si. The van der Waals surface area contributed by atoms with E-state index < -0.39 is 0 Å². The van der Waals surface area contributed by atoms with E-state index in [0.717, 1.165) is 30.8 Å². The van der Waals surface area contributed by atoms with E-state index >= 15 is 0 Å². The maximum Gasteiger partial charge on any atom is 0.119 e. The van der Waals surface area contributed by atoms with Crippen LogP contribution >= 0.6 is 0 Å². The summed E-state index contributed by atoms with van der Waals surface area (Å²) in [6.07, 6.45) is 1.55. The van der Waals surface area contributed by atoms with E-state index in [1.165, 1.54) is 16.3 Å². The van der Waals surface area contributed by atoms with Gasteiger partial charge in [-0.05, 0) is 30.5 Å². The van der Waals surface area contributed by atoms with Crippen LogP contribution in [0.1, 0.15) is 31.4 Å². The van der Waals surface area contributed by atoms with Crippen LogP contribution in [-0.2, 0) is 0 Å².